The summed E-state index contributed by atoms with van der Waals surface area (Å²) in [5, 5.41) is 0. The van der Waals surface area contributed by atoms with E-state index < -0.39 is 5.54 Å². The minimum atomic E-state index is -0.392. The Labute approximate surface area is 118 Å². The van der Waals surface area contributed by atoms with Crippen LogP contribution in [0.5, 0.6) is 5.75 Å². The molecule has 0 heterocycles. The van der Waals surface area contributed by atoms with Crippen molar-refractivity contribution in [1.29, 1.82) is 0 Å². The number of hydrogen-bond donors (Lipinski definition) is 1. The van der Waals surface area contributed by atoms with Crippen LogP contribution in [0.1, 0.15) is 58.2 Å². The van der Waals surface area contributed by atoms with Gasteiger partial charge in [-0.15, -0.1) is 0 Å². The van der Waals surface area contributed by atoms with E-state index >= 15 is 0 Å². The van der Waals surface area contributed by atoms with E-state index in [-0.39, 0.29) is 5.41 Å². The number of nitrogens with two attached hydrogens (primary N) is 1. The molecule has 1 unspecified atom stereocenters. The number of aryl methyl sites for hydroxylation is 1. The molecule has 0 aromatic heterocycles. The molecule has 1 atom stereocenters. The second-order valence-electron chi connectivity index (χ2n) is 7.08. The maximum atomic E-state index is 6.56. The minimum Gasteiger partial charge on any atom is -0.496 e. The molecule has 1 aromatic carbocycles. The van der Waals surface area contributed by atoms with Crippen LogP contribution in [0.4, 0.5) is 0 Å². The first-order valence-corrected chi connectivity index (χ1v) is 7.00. The molecule has 0 aliphatic heterocycles. The first-order chi connectivity index (χ1) is 8.51. The van der Waals surface area contributed by atoms with Gasteiger partial charge in [0.05, 0.1) is 7.11 Å². The Kier molecular flexibility index (Phi) is 4.36. The summed E-state index contributed by atoms with van der Waals surface area (Å²) >= 11 is 0. The van der Waals surface area contributed by atoms with Crippen molar-refractivity contribution < 1.29 is 4.74 Å². The quantitative estimate of drug-likeness (QED) is 0.890. The molecular weight excluding hydrogens is 234 g/mol. The predicted octanol–water partition coefficient (Wildman–Crippen LogP) is 4.13. The highest BCUT2D eigenvalue weighted by Gasteiger charge is 2.32. The number of methoxy groups -OCH3 is 1. The molecule has 108 valence electrons. The van der Waals surface area contributed by atoms with E-state index in [2.05, 4.69) is 60.6 Å². The summed E-state index contributed by atoms with van der Waals surface area (Å²) in [5.41, 5.74) is 9.77. The smallest absolute Gasteiger partial charge is 0.127 e. The van der Waals surface area contributed by atoms with Crippen LogP contribution in [-0.2, 0) is 11.0 Å². The molecule has 2 N–H and O–H groups in total. The Morgan fingerprint density at radius 3 is 1.89 bits per heavy atom. The minimum absolute atomic E-state index is 0.0408. The number of ether oxygens (including phenoxy) is 1. The number of benzene rings is 1. The standard InChI is InChI=1S/C17H29NO/c1-11(2)17(7,18)14-10-12(3)9-13(15(14)19-8)16(4,5)6/h9-11H,18H2,1-8H3. The van der Waals surface area contributed by atoms with E-state index in [1.165, 1.54) is 11.1 Å². The summed E-state index contributed by atoms with van der Waals surface area (Å²) in [5.74, 6) is 1.29. The molecule has 1 rings (SSSR count). The van der Waals surface area contributed by atoms with Gasteiger partial charge in [0.2, 0.25) is 0 Å². The van der Waals surface area contributed by atoms with Gasteiger partial charge in [0.25, 0.3) is 0 Å². The number of rotatable bonds is 3. The van der Waals surface area contributed by atoms with Crippen molar-refractivity contribution in [2.45, 2.75) is 59.4 Å². The molecule has 0 aliphatic carbocycles. The van der Waals surface area contributed by atoms with Crippen LogP contribution >= 0.6 is 0 Å². The Hall–Kier alpha value is -1.02. The van der Waals surface area contributed by atoms with E-state index in [0.717, 1.165) is 11.3 Å². The van der Waals surface area contributed by atoms with Crippen molar-refractivity contribution in [3.8, 4) is 5.75 Å². The summed E-state index contributed by atoms with van der Waals surface area (Å²) in [7, 11) is 1.74. The molecule has 0 amide bonds. The monoisotopic (exact) mass is 263 g/mol. The zero-order valence-electron chi connectivity index (χ0n) is 13.7. The highest BCUT2D eigenvalue weighted by molar-refractivity contribution is 5.50. The van der Waals surface area contributed by atoms with Gasteiger partial charge in [-0.3, -0.25) is 0 Å². The lowest BCUT2D eigenvalue weighted by molar-refractivity contribution is 0.321. The zero-order valence-corrected chi connectivity index (χ0v) is 13.7. The zero-order chi connectivity index (χ0) is 15.0. The highest BCUT2D eigenvalue weighted by atomic mass is 16.5. The molecule has 0 saturated carbocycles. The second-order valence-corrected chi connectivity index (χ2v) is 7.08. The van der Waals surface area contributed by atoms with E-state index in [1.54, 1.807) is 7.11 Å². The van der Waals surface area contributed by atoms with Crippen molar-refractivity contribution in [1.82, 2.24) is 0 Å². The summed E-state index contributed by atoms with van der Waals surface area (Å²) in [4.78, 5) is 0. The molecule has 19 heavy (non-hydrogen) atoms. The Morgan fingerprint density at radius 1 is 1.05 bits per heavy atom. The number of hydrogen-bond acceptors (Lipinski definition) is 2. The molecule has 2 heteroatoms. The molecule has 0 saturated heterocycles. The fourth-order valence-corrected chi connectivity index (χ4v) is 2.26. The average Bonchev–Trinajstić information content (AvgIpc) is 2.26. The lowest BCUT2D eigenvalue weighted by atomic mass is 9.77. The van der Waals surface area contributed by atoms with Gasteiger partial charge in [0.15, 0.2) is 0 Å². The average molecular weight is 263 g/mol. The summed E-state index contributed by atoms with van der Waals surface area (Å²) in [6.45, 7) is 15.1. The molecule has 0 aliphatic rings. The van der Waals surface area contributed by atoms with Gasteiger partial charge in [-0.25, -0.2) is 0 Å². The van der Waals surface area contributed by atoms with E-state index in [1.807, 2.05) is 0 Å². The van der Waals surface area contributed by atoms with E-state index in [0.29, 0.717) is 5.92 Å². The third-order valence-electron chi connectivity index (χ3n) is 4.03. The maximum absolute atomic E-state index is 6.56. The van der Waals surface area contributed by atoms with Gasteiger partial charge < -0.3 is 10.5 Å². The predicted molar refractivity (Wildman–Crippen MR) is 82.8 cm³/mol. The van der Waals surface area contributed by atoms with Crippen molar-refractivity contribution in [3.63, 3.8) is 0 Å². The van der Waals surface area contributed by atoms with Gasteiger partial charge >= 0.3 is 0 Å². The van der Waals surface area contributed by atoms with Gasteiger partial charge in [0, 0.05) is 16.7 Å². The molecule has 2 nitrogen and oxygen atoms in total. The Balaban J connectivity index is 3.62. The van der Waals surface area contributed by atoms with Gasteiger partial charge in [-0.2, -0.15) is 0 Å². The molecule has 1 aromatic rings. The fraction of sp³-hybridized carbons (Fsp3) is 0.647. The topological polar surface area (TPSA) is 35.2 Å². The van der Waals surface area contributed by atoms with Crippen molar-refractivity contribution in [2.75, 3.05) is 7.11 Å². The SMILES string of the molecule is COc1c(C(C)(C)C)cc(C)cc1C(C)(N)C(C)C. The third kappa shape index (κ3) is 3.11. The maximum Gasteiger partial charge on any atom is 0.127 e. The first kappa shape index (κ1) is 16.0. The Bertz CT molecular complexity index is 453. The van der Waals surface area contributed by atoms with E-state index in [4.69, 9.17) is 10.5 Å². The first-order valence-electron chi connectivity index (χ1n) is 7.00. The molecule has 0 radical (unpaired) electrons. The lowest BCUT2D eigenvalue weighted by Gasteiger charge is -2.34. The molecular formula is C17H29NO. The van der Waals surface area contributed by atoms with Crippen molar-refractivity contribution in [3.05, 3.63) is 28.8 Å². The summed E-state index contributed by atoms with van der Waals surface area (Å²) in [6.07, 6.45) is 0. The van der Waals surface area contributed by atoms with Crippen molar-refractivity contribution in [2.24, 2.45) is 11.7 Å². The fourth-order valence-electron chi connectivity index (χ4n) is 2.26. The second kappa shape index (κ2) is 5.16. The van der Waals surface area contributed by atoms with Gasteiger partial charge in [-0.1, -0.05) is 52.3 Å². The van der Waals surface area contributed by atoms with Crippen LogP contribution in [0.2, 0.25) is 0 Å². The lowest BCUT2D eigenvalue weighted by Crippen LogP contribution is -2.39. The third-order valence-corrected chi connectivity index (χ3v) is 4.03. The molecule has 0 spiro atoms. The van der Waals surface area contributed by atoms with Gasteiger partial charge in [0.1, 0.15) is 5.75 Å². The molecule has 0 fully saturated rings. The van der Waals surface area contributed by atoms with Crippen LogP contribution in [0.15, 0.2) is 12.1 Å². The largest absolute Gasteiger partial charge is 0.496 e. The summed E-state index contributed by atoms with van der Waals surface area (Å²) in [6, 6.07) is 4.37. The van der Waals surface area contributed by atoms with Crippen molar-refractivity contribution >= 4 is 0 Å². The Morgan fingerprint density at radius 2 is 1.53 bits per heavy atom. The van der Waals surface area contributed by atoms with Gasteiger partial charge in [-0.05, 0) is 25.2 Å². The van der Waals surface area contributed by atoms with Crippen LogP contribution in [0.25, 0.3) is 0 Å². The van der Waals surface area contributed by atoms with E-state index in [9.17, 15) is 0 Å². The highest BCUT2D eigenvalue weighted by Crippen LogP contribution is 2.41. The molecule has 0 bridgehead atoms. The van der Waals surface area contributed by atoms with Crippen LogP contribution in [0.3, 0.4) is 0 Å². The van der Waals surface area contributed by atoms with Crippen LogP contribution in [0, 0.1) is 12.8 Å². The van der Waals surface area contributed by atoms with Crippen LogP contribution in [-0.4, -0.2) is 7.11 Å². The van der Waals surface area contributed by atoms with Crippen LogP contribution < -0.4 is 10.5 Å². The summed E-state index contributed by atoms with van der Waals surface area (Å²) < 4.78 is 5.71. The normalized spacial score (nSPS) is 15.5.